The van der Waals surface area contributed by atoms with Crippen LogP contribution in [0.3, 0.4) is 0 Å². The van der Waals surface area contributed by atoms with Crippen LogP contribution in [-0.4, -0.2) is 57.7 Å². The molecular formula is C21H36N4O. The Hall–Kier alpha value is -1.75. The molecule has 1 aliphatic heterocycles. The number of guanidine groups is 1. The van der Waals surface area contributed by atoms with Gasteiger partial charge in [0.25, 0.3) is 0 Å². The van der Waals surface area contributed by atoms with E-state index in [0.717, 1.165) is 31.2 Å². The van der Waals surface area contributed by atoms with Crippen LogP contribution < -0.4 is 15.4 Å². The van der Waals surface area contributed by atoms with Crippen LogP contribution in [0.1, 0.15) is 50.5 Å². The Morgan fingerprint density at radius 1 is 1.15 bits per heavy atom. The van der Waals surface area contributed by atoms with Crippen molar-refractivity contribution in [3.05, 3.63) is 29.8 Å². The van der Waals surface area contributed by atoms with Gasteiger partial charge in [0.05, 0.1) is 7.11 Å². The molecule has 1 saturated heterocycles. The first-order valence-corrected chi connectivity index (χ1v) is 10.0. The quantitative estimate of drug-likeness (QED) is 0.424. The normalized spacial score (nSPS) is 17.4. The minimum Gasteiger partial charge on any atom is -0.496 e. The fourth-order valence-electron chi connectivity index (χ4n) is 3.52. The van der Waals surface area contributed by atoms with Gasteiger partial charge in [-0.2, -0.15) is 0 Å². The molecule has 5 nitrogen and oxygen atoms in total. The summed E-state index contributed by atoms with van der Waals surface area (Å²) in [5.74, 6) is 2.17. The molecule has 1 fully saturated rings. The predicted molar refractivity (Wildman–Crippen MR) is 110 cm³/mol. The summed E-state index contributed by atoms with van der Waals surface area (Å²) in [4.78, 5) is 6.95. The number of nitrogens with one attached hydrogen (secondary N) is 2. The molecule has 5 heteroatoms. The van der Waals surface area contributed by atoms with Crippen LogP contribution in [0.5, 0.6) is 5.75 Å². The molecule has 1 heterocycles. The lowest BCUT2D eigenvalue weighted by Crippen LogP contribution is -2.40. The number of rotatable bonds is 8. The maximum Gasteiger partial charge on any atom is 0.190 e. The summed E-state index contributed by atoms with van der Waals surface area (Å²) in [5, 5.41) is 6.88. The first kappa shape index (κ1) is 20.6. The number of nitrogens with zero attached hydrogens (tertiary/aromatic N) is 2. The highest BCUT2D eigenvalue weighted by atomic mass is 16.5. The van der Waals surface area contributed by atoms with Crippen LogP contribution in [0.25, 0.3) is 0 Å². The molecule has 0 aromatic heterocycles. The molecule has 0 saturated carbocycles. The van der Waals surface area contributed by atoms with Gasteiger partial charge in [-0.15, -0.1) is 0 Å². The largest absolute Gasteiger partial charge is 0.496 e. The number of hydrogen-bond acceptors (Lipinski definition) is 3. The van der Waals surface area contributed by atoms with Crippen molar-refractivity contribution in [2.45, 2.75) is 44.9 Å². The van der Waals surface area contributed by atoms with E-state index in [-0.39, 0.29) is 0 Å². The van der Waals surface area contributed by atoms with Gasteiger partial charge in [0.15, 0.2) is 5.96 Å². The summed E-state index contributed by atoms with van der Waals surface area (Å²) in [6, 6.07) is 8.21. The van der Waals surface area contributed by atoms with Crippen molar-refractivity contribution in [2.24, 2.45) is 4.99 Å². The Morgan fingerprint density at radius 3 is 2.58 bits per heavy atom. The van der Waals surface area contributed by atoms with E-state index in [4.69, 9.17) is 4.74 Å². The molecule has 26 heavy (non-hydrogen) atoms. The second-order valence-corrected chi connectivity index (χ2v) is 7.13. The lowest BCUT2D eigenvalue weighted by Gasteiger charge is -2.21. The molecule has 1 atom stereocenters. The third-order valence-electron chi connectivity index (χ3n) is 5.11. The van der Waals surface area contributed by atoms with Gasteiger partial charge in [0.1, 0.15) is 5.75 Å². The topological polar surface area (TPSA) is 48.9 Å². The number of benzene rings is 1. The maximum absolute atomic E-state index is 5.47. The van der Waals surface area contributed by atoms with E-state index in [1.54, 1.807) is 7.11 Å². The van der Waals surface area contributed by atoms with Crippen LogP contribution in [0.4, 0.5) is 0 Å². The van der Waals surface area contributed by atoms with E-state index in [0.29, 0.717) is 5.92 Å². The molecule has 146 valence electrons. The molecule has 0 bridgehead atoms. The highest BCUT2D eigenvalue weighted by Crippen LogP contribution is 2.25. The summed E-state index contributed by atoms with van der Waals surface area (Å²) < 4.78 is 5.47. The summed E-state index contributed by atoms with van der Waals surface area (Å²) in [5.41, 5.74) is 1.22. The van der Waals surface area contributed by atoms with E-state index in [9.17, 15) is 0 Å². The molecular weight excluding hydrogens is 324 g/mol. The minimum absolute atomic E-state index is 0.349. The lowest BCUT2D eigenvalue weighted by molar-refractivity contribution is 0.282. The number of ether oxygens (including phenoxy) is 1. The second-order valence-electron chi connectivity index (χ2n) is 7.13. The summed E-state index contributed by atoms with van der Waals surface area (Å²) in [6.07, 6.45) is 6.67. The van der Waals surface area contributed by atoms with Gasteiger partial charge in [-0.3, -0.25) is 4.99 Å². The highest BCUT2D eigenvalue weighted by Gasteiger charge is 2.12. The van der Waals surface area contributed by atoms with Crippen LogP contribution in [0, 0.1) is 0 Å². The summed E-state index contributed by atoms with van der Waals surface area (Å²) in [6.45, 7) is 7.71. The molecule has 2 N–H and O–H groups in total. The van der Waals surface area contributed by atoms with Crippen LogP contribution >= 0.6 is 0 Å². The van der Waals surface area contributed by atoms with E-state index in [1.165, 1.54) is 50.9 Å². The SMILES string of the molecule is CN=C(NCCCN1CCCCCC1)NCC(C)c1ccccc1OC. The number of methoxy groups -OCH3 is 1. The Labute approximate surface area is 159 Å². The Bertz CT molecular complexity index is 539. The molecule has 0 radical (unpaired) electrons. The third-order valence-corrected chi connectivity index (χ3v) is 5.11. The van der Waals surface area contributed by atoms with Crippen LogP contribution in [-0.2, 0) is 0 Å². The molecule has 0 amide bonds. The second kappa shape index (κ2) is 11.8. The molecule has 1 aromatic rings. The van der Waals surface area contributed by atoms with Crippen molar-refractivity contribution >= 4 is 5.96 Å². The number of para-hydroxylation sites is 1. The molecule has 1 aliphatic rings. The zero-order chi connectivity index (χ0) is 18.6. The minimum atomic E-state index is 0.349. The van der Waals surface area contributed by atoms with Crippen LogP contribution in [0.15, 0.2) is 29.3 Å². The van der Waals surface area contributed by atoms with Crippen molar-refractivity contribution in [1.82, 2.24) is 15.5 Å². The fraction of sp³-hybridized carbons (Fsp3) is 0.667. The van der Waals surface area contributed by atoms with Crippen molar-refractivity contribution in [3.63, 3.8) is 0 Å². The average molecular weight is 361 g/mol. The zero-order valence-corrected chi connectivity index (χ0v) is 16.8. The Balaban J connectivity index is 1.68. The molecule has 2 rings (SSSR count). The van der Waals surface area contributed by atoms with Gasteiger partial charge < -0.3 is 20.3 Å². The smallest absolute Gasteiger partial charge is 0.190 e. The van der Waals surface area contributed by atoms with Crippen molar-refractivity contribution < 1.29 is 4.74 Å². The predicted octanol–water partition coefficient (Wildman–Crippen LogP) is 3.23. The summed E-state index contributed by atoms with van der Waals surface area (Å²) in [7, 11) is 3.56. The Morgan fingerprint density at radius 2 is 1.88 bits per heavy atom. The Kier molecular flexibility index (Phi) is 9.32. The van der Waals surface area contributed by atoms with E-state index in [2.05, 4.69) is 39.6 Å². The van der Waals surface area contributed by atoms with Gasteiger partial charge in [-0.05, 0) is 50.5 Å². The molecule has 0 spiro atoms. The van der Waals surface area contributed by atoms with E-state index >= 15 is 0 Å². The lowest BCUT2D eigenvalue weighted by atomic mass is 10.0. The zero-order valence-electron chi connectivity index (χ0n) is 16.8. The number of aliphatic imine (C=N–C) groups is 1. The fourth-order valence-corrected chi connectivity index (χ4v) is 3.52. The first-order chi connectivity index (χ1) is 12.7. The number of likely N-dealkylation sites (tertiary alicyclic amines) is 1. The third kappa shape index (κ3) is 6.87. The van der Waals surface area contributed by atoms with Gasteiger partial charge in [0.2, 0.25) is 0 Å². The average Bonchev–Trinajstić information content (AvgIpc) is 2.96. The maximum atomic E-state index is 5.47. The molecule has 1 aromatic carbocycles. The van der Waals surface area contributed by atoms with Crippen molar-refractivity contribution in [2.75, 3.05) is 46.9 Å². The van der Waals surface area contributed by atoms with Crippen LogP contribution in [0.2, 0.25) is 0 Å². The molecule has 0 aliphatic carbocycles. The van der Waals surface area contributed by atoms with Crippen molar-refractivity contribution in [1.29, 1.82) is 0 Å². The first-order valence-electron chi connectivity index (χ1n) is 10.0. The summed E-state index contributed by atoms with van der Waals surface area (Å²) >= 11 is 0. The number of hydrogen-bond donors (Lipinski definition) is 2. The molecule has 1 unspecified atom stereocenters. The van der Waals surface area contributed by atoms with E-state index < -0.39 is 0 Å². The van der Waals surface area contributed by atoms with Gasteiger partial charge in [-0.1, -0.05) is 38.0 Å². The van der Waals surface area contributed by atoms with Gasteiger partial charge in [-0.25, -0.2) is 0 Å². The van der Waals surface area contributed by atoms with Gasteiger partial charge in [0, 0.05) is 26.1 Å². The van der Waals surface area contributed by atoms with Crippen molar-refractivity contribution in [3.8, 4) is 5.75 Å². The monoisotopic (exact) mass is 360 g/mol. The highest BCUT2D eigenvalue weighted by molar-refractivity contribution is 5.79. The van der Waals surface area contributed by atoms with Gasteiger partial charge >= 0.3 is 0 Å². The standard InChI is InChI=1S/C21H36N4O/c1-18(19-11-6-7-12-20(19)26-3)17-24-21(22-2)23-13-10-16-25-14-8-4-5-9-15-25/h6-7,11-12,18H,4-5,8-10,13-17H2,1-3H3,(H2,22,23,24). The van der Waals surface area contributed by atoms with E-state index in [1.807, 2.05) is 19.2 Å².